The number of benzene rings is 2. The zero-order chi connectivity index (χ0) is 29.8. The van der Waals surface area contributed by atoms with Crippen LogP contribution in [0.5, 0.6) is 0 Å². The zero-order valence-electron chi connectivity index (χ0n) is 27.9. The third-order valence-corrected chi connectivity index (χ3v) is 12.6. The predicted octanol–water partition coefficient (Wildman–Crippen LogP) is 10.9. The zero-order valence-corrected chi connectivity index (χ0v) is 27.9. The molecule has 10 atom stereocenters. The topological polar surface area (TPSA) is 17.1 Å². The molecule has 0 radical (unpaired) electrons. The monoisotopic (exact) mass is 556 g/mol. The van der Waals surface area contributed by atoms with E-state index < -0.39 is 0 Å². The third kappa shape index (κ3) is 7.37. The van der Waals surface area contributed by atoms with Gasteiger partial charge in [0, 0.05) is 12.0 Å². The lowest BCUT2D eigenvalue weighted by molar-refractivity contribution is 0.00231. The van der Waals surface area contributed by atoms with E-state index in [4.69, 9.17) is 0 Å². The normalized spacial score (nSPS) is 35.3. The van der Waals surface area contributed by atoms with E-state index in [2.05, 4.69) is 86.6 Å². The molecule has 0 amide bonds. The number of carbonyl (C=O) groups excluding carboxylic acids is 1. The van der Waals surface area contributed by atoms with Gasteiger partial charge in [0.05, 0.1) is 0 Å². The Balaban J connectivity index is 0.000000483. The molecule has 2 aromatic carbocycles. The van der Waals surface area contributed by atoms with Crippen LogP contribution in [0, 0.1) is 73.0 Å². The Hall–Kier alpha value is -1.89. The van der Waals surface area contributed by atoms with Crippen molar-refractivity contribution < 1.29 is 4.79 Å². The van der Waals surface area contributed by atoms with Crippen molar-refractivity contribution in [2.45, 2.75) is 114 Å². The molecule has 2 fully saturated rings. The van der Waals surface area contributed by atoms with Crippen LogP contribution in [0.2, 0.25) is 0 Å². The van der Waals surface area contributed by atoms with E-state index in [0.717, 1.165) is 84.0 Å². The number of carbonyl (C=O) groups is 1. The Kier molecular flexibility index (Phi) is 11.0. The van der Waals surface area contributed by atoms with E-state index in [0.29, 0.717) is 5.78 Å². The molecule has 0 bridgehead atoms. The molecule has 0 aliphatic heterocycles. The van der Waals surface area contributed by atoms with Gasteiger partial charge in [0.2, 0.25) is 0 Å². The van der Waals surface area contributed by atoms with Crippen LogP contribution < -0.4 is 0 Å². The summed E-state index contributed by atoms with van der Waals surface area (Å²) in [6, 6.07) is 15.1. The van der Waals surface area contributed by atoms with Gasteiger partial charge in [0.25, 0.3) is 0 Å². The maximum absolute atomic E-state index is 12.5. The fraction of sp³-hybridized carbons (Fsp3) is 0.675. The van der Waals surface area contributed by atoms with Crippen molar-refractivity contribution in [3.05, 3.63) is 70.3 Å². The molecule has 0 N–H and O–H groups in total. The molecule has 1 heteroatoms. The number of hydrogen-bond acceptors (Lipinski definition) is 1. The van der Waals surface area contributed by atoms with Crippen molar-refractivity contribution in [1.29, 1.82) is 0 Å². The van der Waals surface area contributed by atoms with Gasteiger partial charge < -0.3 is 0 Å². The van der Waals surface area contributed by atoms with Crippen LogP contribution in [0.15, 0.2) is 42.5 Å². The second-order valence-electron chi connectivity index (χ2n) is 14.9. The minimum Gasteiger partial charge on any atom is -0.294 e. The molecule has 0 spiro atoms. The molecule has 3 aliphatic rings. The van der Waals surface area contributed by atoms with E-state index in [9.17, 15) is 4.79 Å². The Bertz CT molecular complexity index is 1130. The minimum absolute atomic E-state index is 0.373. The number of Topliss-reactive ketones (excluding diaryl/α,β-unsaturated/α-hetero) is 1. The minimum atomic E-state index is 0.373. The van der Waals surface area contributed by atoms with Gasteiger partial charge in [-0.15, -0.1) is 0 Å². The summed E-state index contributed by atoms with van der Waals surface area (Å²) in [5, 5.41) is 0. The quantitative estimate of drug-likeness (QED) is 0.358. The molecule has 2 aromatic rings. The van der Waals surface area contributed by atoms with Gasteiger partial charge in [-0.25, -0.2) is 0 Å². The molecular formula is C40H60O. The average Bonchev–Trinajstić information content (AvgIpc) is 2.94. The fourth-order valence-electron chi connectivity index (χ4n) is 9.26. The first-order valence-electron chi connectivity index (χ1n) is 17.2. The van der Waals surface area contributed by atoms with E-state index in [1.807, 2.05) is 18.2 Å². The second-order valence-corrected chi connectivity index (χ2v) is 14.9. The summed E-state index contributed by atoms with van der Waals surface area (Å²) >= 11 is 0. The van der Waals surface area contributed by atoms with Crippen molar-refractivity contribution >= 4 is 5.78 Å². The molecule has 226 valence electrons. The van der Waals surface area contributed by atoms with Crippen LogP contribution in [-0.4, -0.2) is 5.78 Å². The summed E-state index contributed by atoms with van der Waals surface area (Å²) in [5.41, 5.74) is 6.45. The maximum atomic E-state index is 12.5. The largest absolute Gasteiger partial charge is 0.294 e. The van der Waals surface area contributed by atoms with Gasteiger partial charge in [0.1, 0.15) is 0 Å². The molecule has 1 nitrogen and oxygen atoms in total. The van der Waals surface area contributed by atoms with Crippen LogP contribution in [0.3, 0.4) is 0 Å². The van der Waals surface area contributed by atoms with Crippen molar-refractivity contribution in [1.82, 2.24) is 0 Å². The van der Waals surface area contributed by atoms with E-state index in [1.54, 1.807) is 0 Å². The number of aryl methyl sites for hydroxylation is 3. The summed E-state index contributed by atoms with van der Waals surface area (Å²) < 4.78 is 0. The summed E-state index contributed by atoms with van der Waals surface area (Å²) in [7, 11) is 0. The second kappa shape index (κ2) is 14.1. The number of fused-ring (bicyclic) bond motifs is 1. The first kappa shape index (κ1) is 32.0. The van der Waals surface area contributed by atoms with Crippen LogP contribution >= 0.6 is 0 Å². The molecule has 2 saturated carbocycles. The summed E-state index contributed by atoms with van der Waals surface area (Å²) in [6.07, 6.45) is 9.63. The molecule has 0 aromatic heterocycles. The highest BCUT2D eigenvalue weighted by atomic mass is 16.1. The van der Waals surface area contributed by atoms with Gasteiger partial charge in [0.15, 0.2) is 5.78 Å². The lowest BCUT2D eigenvalue weighted by Gasteiger charge is -2.49. The third-order valence-electron chi connectivity index (χ3n) is 12.6. The Morgan fingerprint density at radius 1 is 0.732 bits per heavy atom. The molecule has 3 aliphatic carbocycles. The molecule has 0 heterocycles. The highest BCUT2D eigenvalue weighted by Crippen LogP contribution is 2.51. The molecule has 5 rings (SSSR count). The van der Waals surface area contributed by atoms with Gasteiger partial charge in [-0.05, 0) is 128 Å². The first-order chi connectivity index (χ1) is 19.5. The molecule has 10 unspecified atom stereocenters. The Morgan fingerprint density at radius 3 is 2.05 bits per heavy atom. The lowest BCUT2D eigenvalue weighted by atomic mass is 9.56. The van der Waals surface area contributed by atoms with Crippen molar-refractivity contribution in [3.63, 3.8) is 0 Å². The summed E-state index contributed by atoms with van der Waals surface area (Å²) in [4.78, 5) is 12.5. The maximum Gasteiger partial charge on any atom is 0.163 e. The molecule has 0 saturated heterocycles. The van der Waals surface area contributed by atoms with Crippen molar-refractivity contribution in [2.75, 3.05) is 0 Å². The lowest BCUT2D eigenvalue weighted by Crippen LogP contribution is -2.42. The predicted molar refractivity (Wildman–Crippen MR) is 176 cm³/mol. The number of ketones is 1. The van der Waals surface area contributed by atoms with Crippen LogP contribution in [-0.2, 0) is 12.8 Å². The van der Waals surface area contributed by atoms with Gasteiger partial charge in [-0.3, -0.25) is 4.79 Å². The number of hydrogen-bond donors (Lipinski definition) is 0. The average molecular weight is 557 g/mol. The standard InChI is InChI=1S/C33H52O.C7H8/c1-9-27-17-30(16-26-13-20(3)33-28(15-26)11-10-12-32(33)34)31(25(8)24(27)7)18-29-14-19(2)21(4)22(5)23(29)6;1-7-5-3-2-4-6-7/h13,15,19,21-25,27,29-31H,9-12,14,16-18H2,1-8H3;2-6H,1H3. The van der Waals surface area contributed by atoms with E-state index in [1.165, 1.54) is 54.4 Å². The molecule has 41 heavy (non-hydrogen) atoms. The van der Waals surface area contributed by atoms with Crippen LogP contribution in [0.1, 0.15) is 120 Å². The van der Waals surface area contributed by atoms with Gasteiger partial charge >= 0.3 is 0 Å². The van der Waals surface area contributed by atoms with E-state index >= 15 is 0 Å². The van der Waals surface area contributed by atoms with Gasteiger partial charge in [-0.2, -0.15) is 0 Å². The SMILES string of the molecule is CCC1CC(Cc2cc(C)c3c(c2)CCCC3=O)C(CC2CC(C)C(C)C(C)C2C)C(C)C1C.Cc1ccccc1. The Labute approximate surface area is 253 Å². The Morgan fingerprint density at radius 2 is 1.41 bits per heavy atom. The van der Waals surface area contributed by atoms with E-state index in [-0.39, 0.29) is 0 Å². The number of rotatable bonds is 5. The van der Waals surface area contributed by atoms with Crippen molar-refractivity contribution in [3.8, 4) is 0 Å². The highest BCUT2D eigenvalue weighted by molar-refractivity contribution is 5.99. The summed E-state index contributed by atoms with van der Waals surface area (Å²) in [5.74, 6) is 8.76. The van der Waals surface area contributed by atoms with Gasteiger partial charge in [-0.1, -0.05) is 103 Å². The van der Waals surface area contributed by atoms with Crippen LogP contribution in [0.25, 0.3) is 0 Å². The van der Waals surface area contributed by atoms with Crippen molar-refractivity contribution in [2.24, 2.45) is 59.2 Å². The molecular weight excluding hydrogens is 496 g/mol. The summed E-state index contributed by atoms with van der Waals surface area (Å²) in [6.45, 7) is 21.9. The van der Waals surface area contributed by atoms with Crippen LogP contribution in [0.4, 0.5) is 0 Å². The highest BCUT2D eigenvalue weighted by Gasteiger charge is 2.43. The first-order valence-corrected chi connectivity index (χ1v) is 17.2. The smallest absolute Gasteiger partial charge is 0.163 e. The fourth-order valence-corrected chi connectivity index (χ4v) is 9.26.